The van der Waals surface area contributed by atoms with Gasteiger partial charge >= 0.3 is 5.97 Å². The number of aromatic carboxylic acids is 1. The fourth-order valence-corrected chi connectivity index (χ4v) is 2.76. The molecule has 2 aromatic carbocycles. The van der Waals surface area contributed by atoms with E-state index in [0.29, 0.717) is 11.3 Å². The molecule has 0 fully saturated rings. The third-order valence-electron chi connectivity index (χ3n) is 3.07. The summed E-state index contributed by atoms with van der Waals surface area (Å²) in [6, 6.07) is 10.6. The molecule has 21 heavy (non-hydrogen) atoms. The Labute approximate surface area is 136 Å². The van der Waals surface area contributed by atoms with Gasteiger partial charge in [0.15, 0.2) is 0 Å². The number of anilines is 1. The number of rotatable bonds is 3. The van der Waals surface area contributed by atoms with Crippen molar-refractivity contribution in [1.82, 2.24) is 0 Å². The lowest BCUT2D eigenvalue weighted by molar-refractivity contribution is 0.0698. The van der Waals surface area contributed by atoms with Gasteiger partial charge in [-0.1, -0.05) is 18.2 Å². The number of halogens is 1. The Morgan fingerprint density at radius 3 is 2.38 bits per heavy atom. The van der Waals surface area contributed by atoms with Crippen molar-refractivity contribution in [3.63, 3.8) is 0 Å². The standard InChI is InChI=1S/C16H14INO3/c1-9-7-10(2)14(12(8-9)16(20)21)18-15(19)11-5-3-4-6-13(11)17/h3-8H,1-2H3,(H,18,19)(H,20,21). The van der Waals surface area contributed by atoms with Gasteiger partial charge in [-0.25, -0.2) is 4.79 Å². The molecule has 0 aliphatic carbocycles. The molecule has 0 aliphatic rings. The van der Waals surface area contributed by atoms with Crippen LogP contribution in [-0.4, -0.2) is 17.0 Å². The van der Waals surface area contributed by atoms with Gasteiger partial charge in [0.25, 0.3) is 5.91 Å². The number of hydrogen-bond donors (Lipinski definition) is 2. The topological polar surface area (TPSA) is 66.4 Å². The number of carbonyl (C=O) groups is 2. The second-order valence-corrected chi connectivity index (χ2v) is 5.91. The summed E-state index contributed by atoms with van der Waals surface area (Å²) in [5.41, 5.74) is 2.54. The van der Waals surface area contributed by atoms with Crippen LogP contribution >= 0.6 is 22.6 Å². The molecule has 0 aromatic heterocycles. The molecule has 0 saturated carbocycles. The number of hydrogen-bond acceptors (Lipinski definition) is 2. The molecule has 0 atom stereocenters. The minimum atomic E-state index is -1.06. The van der Waals surface area contributed by atoms with E-state index in [-0.39, 0.29) is 11.5 Å². The highest BCUT2D eigenvalue weighted by Gasteiger charge is 2.17. The van der Waals surface area contributed by atoms with Crippen LogP contribution in [0.3, 0.4) is 0 Å². The number of amides is 1. The van der Waals surface area contributed by atoms with Crippen molar-refractivity contribution in [2.24, 2.45) is 0 Å². The lowest BCUT2D eigenvalue weighted by atomic mass is 10.0. The molecular weight excluding hydrogens is 381 g/mol. The largest absolute Gasteiger partial charge is 0.478 e. The Morgan fingerprint density at radius 2 is 1.76 bits per heavy atom. The van der Waals surface area contributed by atoms with Crippen LogP contribution in [0, 0.1) is 17.4 Å². The number of carboxylic acid groups (broad SMARTS) is 1. The molecule has 1 amide bonds. The summed E-state index contributed by atoms with van der Waals surface area (Å²) in [7, 11) is 0. The third kappa shape index (κ3) is 3.41. The van der Waals surface area contributed by atoms with E-state index >= 15 is 0 Å². The zero-order valence-electron chi connectivity index (χ0n) is 11.6. The molecule has 0 spiro atoms. The van der Waals surface area contributed by atoms with Crippen LogP contribution in [0.5, 0.6) is 0 Å². The number of carbonyl (C=O) groups excluding carboxylic acids is 1. The minimum Gasteiger partial charge on any atom is -0.478 e. The molecule has 0 aliphatic heterocycles. The molecule has 2 N–H and O–H groups in total. The summed E-state index contributed by atoms with van der Waals surface area (Å²) in [4.78, 5) is 23.7. The van der Waals surface area contributed by atoms with E-state index in [9.17, 15) is 14.7 Å². The average Bonchev–Trinajstić information content (AvgIpc) is 2.41. The molecule has 0 radical (unpaired) electrons. The van der Waals surface area contributed by atoms with Gasteiger partial charge in [-0.2, -0.15) is 0 Å². The molecule has 2 rings (SSSR count). The average molecular weight is 395 g/mol. The van der Waals surface area contributed by atoms with Crippen molar-refractivity contribution in [3.05, 3.63) is 62.2 Å². The molecule has 0 saturated heterocycles. The van der Waals surface area contributed by atoms with E-state index in [2.05, 4.69) is 27.9 Å². The Kier molecular flexibility index (Phi) is 4.62. The Bertz CT molecular complexity index is 725. The van der Waals surface area contributed by atoms with Gasteiger partial charge in [-0.05, 0) is 65.8 Å². The van der Waals surface area contributed by atoms with E-state index in [0.717, 1.165) is 14.7 Å². The number of benzene rings is 2. The first kappa shape index (κ1) is 15.5. The molecule has 2 aromatic rings. The first-order chi connectivity index (χ1) is 9.90. The van der Waals surface area contributed by atoms with Crippen molar-refractivity contribution < 1.29 is 14.7 Å². The lowest BCUT2D eigenvalue weighted by Gasteiger charge is -2.13. The fraction of sp³-hybridized carbons (Fsp3) is 0.125. The van der Waals surface area contributed by atoms with Crippen LogP contribution < -0.4 is 5.32 Å². The molecule has 0 bridgehead atoms. The lowest BCUT2D eigenvalue weighted by Crippen LogP contribution is -2.17. The first-order valence-corrected chi connectivity index (χ1v) is 7.38. The third-order valence-corrected chi connectivity index (χ3v) is 4.01. The van der Waals surface area contributed by atoms with Crippen molar-refractivity contribution in [1.29, 1.82) is 0 Å². The quantitative estimate of drug-likeness (QED) is 0.776. The summed E-state index contributed by atoms with van der Waals surface area (Å²) < 4.78 is 0.814. The summed E-state index contributed by atoms with van der Waals surface area (Å²) in [6.45, 7) is 3.61. The van der Waals surface area contributed by atoms with Crippen molar-refractivity contribution in [2.45, 2.75) is 13.8 Å². The van der Waals surface area contributed by atoms with Crippen LogP contribution in [0.1, 0.15) is 31.8 Å². The maximum Gasteiger partial charge on any atom is 0.337 e. The van der Waals surface area contributed by atoms with Gasteiger partial charge in [0, 0.05) is 3.57 Å². The van der Waals surface area contributed by atoms with E-state index in [1.807, 2.05) is 25.1 Å². The van der Waals surface area contributed by atoms with Gasteiger partial charge in [-0.3, -0.25) is 4.79 Å². The fourth-order valence-electron chi connectivity index (χ4n) is 2.13. The van der Waals surface area contributed by atoms with Crippen molar-refractivity contribution in [3.8, 4) is 0 Å². The predicted molar refractivity (Wildman–Crippen MR) is 90.0 cm³/mol. The highest BCUT2D eigenvalue weighted by Crippen LogP contribution is 2.24. The highest BCUT2D eigenvalue weighted by atomic mass is 127. The summed E-state index contributed by atoms with van der Waals surface area (Å²) >= 11 is 2.08. The summed E-state index contributed by atoms with van der Waals surface area (Å²) in [6.07, 6.45) is 0. The van der Waals surface area contributed by atoms with Gasteiger partial charge in [0.2, 0.25) is 0 Å². The first-order valence-electron chi connectivity index (χ1n) is 6.30. The van der Waals surface area contributed by atoms with E-state index in [1.165, 1.54) is 0 Å². The summed E-state index contributed by atoms with van der Waals surface area (Å²) in [5, 5.41) is 12.0. The van der Waals surface area contributed by atoms with Crippen LogP contribution in [-0.2, 0) is 0 Å². The molecule has 4 nitrogen and oxygen atoms in total. The smallest absolute Gasteiger partial charge is 0.337 e. The zero-order valence-corrected chi connectivity index (χ0v) is 13.8. The van der Waals surface area contributed by atoms with E-state index in [4.69, 9.17) is 0 Å². The van der Waals surface area contributed by atoms with Gasteiger partial charge in [0.05, 0.1) is 16.8 Å². The van der Waals surface area contributed by atoms with Crippen molar-refractivity contribution in [2.75, 3.05) is 5.32 Å². The summed E-state index contributed by atoms with van der Waals surface area (Å²) in [5.74, 6) is -1.37. The molecule has 0 unspecified atom stereocenters. The number of nitrogens with one attached hydrogen (secondary N) is 1. The minimum absolute atomic E-state index is 0.104. The molecule has 108 valence electrons. The SMILES string of the molecule is Cc1cc(C)c(NC(=O)c2ccccc2I)c(C(=O)O)c1. The second kappa shape index (κ2) is 6.26. The number of carboxylic acids is 1. The van der Waals surface area contributed by atoms with E-state index in [1.54, 1.807) is 25.1 Å². The van der Waals surface area contributed by atoms with Gasteiger partial charge < -0.3 is 10.4 Å². The van der Waals surface area contributed by atoms with Crippen LogP contribution in [0.4, 0.5) is 5.69 Å². The molecule has 5 heteroatoms. The van der Waals surface area contributed by atoms with Crippen LogP contribution in [0.2, 0.25) is 0 Å². The molecular formula is C16H14INO3. The second-order valence-electron chi connectivity index (χ2n) is 4.74. The maximum absolute atomic E-state index is 12.3. The Morgan fingerprint density at radius 1 is 1.10 bits per heavy atom. The van der Waals surface area contributed by atoms with Crippen LogP contribution in [0.25, 0.3) is 0 Å². The van der Waals surface area contributed by atoms with Crippen LogP contribution in [0.15, 0.2) is 36.4 Å². The molecule has 0 heterocycles. The normalized spacial score (nSPS) is 10.2. The predicted octanol–water partition coefficient (Wildman–Crippen LogP) is 3.86. The number of aryl methyl sites for hydroxylation is 2. The Balaban J connectivity index is 2.42. The highest BCUT2D eigenvalue weighted by molar-refractivity contribution is 14.1. The van der Waals surface area contributed by atoms with Gasteiger partial charge in [0.1, 0.15) is 0 Å². The van der Waals surface area contributed by atoms with E-state index < -0.39 is 5.97 Å². The maximum atomic E-state index is 12.3. The van der Waals surface area contributed by atoms with Crippen molar-refractivity contribution >= 4 is 40.2 Å². The Hall–Kier alpha value is -1.89. The van der Waals surface area contributed by atoms with Gasteiger partial charge in [-0.15, -0.1) is 0 Å². The zero-order chi connectivity index (χ0) is 15.6. The monoisotopic (exact) mass is 395 g/mol.